The van der Waals surface area contributed by atoms with E-state index in [2.05, 4.69) is 31.9 Å². The number of halogens is 2. The number of ether oxygens (including phenoxy) is 2. The molecule has 0 radical (unpaired) electrons. The van der Waals surface area contributed by atoms with Crippen molar-refractivity contribution in [3.05, 3.63) is 140 Å². The van der Waals surface area contributed by atoms with Gasteiger partial charge in [-0.25, -0.2) is 9.98 Å². The molecule has 2 aliphatic rings. The molecule has 0 saturated carbocycles. The number of aliphatic imine (C=N–C) groups is 2. The summed E-state index contributed by atoms with van der Waals surface area (Å²) in [6.45, 7) is 9.02. The summed E-state index contributed by atoms with van der Waals surface area (Å²) in [7, 11) is 0. The second-order valence-electron chi connectivity index (χ2n) is 13.7. The maximum Gasteiger partial charge on any atom is 0.278 e. The molecule has 0 fully saturated rings. The summed E-state index contributed by atoms with van der Waals surface area (Å²) in [5.74, 6) is 2.62. The fourth-order valence-electron chi connectivity index (χ4n) is 6.25. The molecule has 0 saturated heterocycles. The number of benzene rings is 4. The summed E-state index contributed by atoms with van der Waals surface area (Å²) in [6, 6.07) is 31.1. The molecule has 278 valence electrons. The van der Waals surface area contributed by atoms with E-state index in [1.807, 2.05) is 137 Å². The molecule has 0 N–H and O–H groups in total. The molecule has 0 bridgehead atoms. The molecule has 8 nitrogen and oxygen atoms in total. The van der Waals surface area contributed by atoms with E-state index >= 15 is 0 Å². The zero-order chi connectivity index (χ0) is 38.2. The highest BCUT2D eigenvalue weighted by Crippen LogP contribution is 2.27. The van der Waals surface area contributed by atoms with E-state index in [-0.39, 0.29) is 24.0 Å². The lowest BCUT2D eigenvalue weighted by Crippen LogP contribution is -2.34. The highest BCUT2D eigenvalue weighted by molar-refractivity contribution is 9.10. The van der Waals surface area contributed by atoms with E-state index < -0.39 is 0 Å². The van der Waals surface area contributed by atoms with Gasteiger partial charge in [0.1, 0.15) is 34.6 Å². The van der Waals surface area contributed by atoms with E-state index in [0.29, 0.717) is 36.2 Å². The minimum Gasteiger partial charge on any atom is -0.491 e. The van der Waals surface area contributed by atoms with Crippen molar-refractivity contribution in [2.24, 2.45) is 9.98 Å². The van der Waals surface area contributed by atoms with Crippen molar-refractivity contribution >= 4 is 67.5 Å². The number of nitrogens with zero attached hydrogens (tertiary/aromatic N) is 4. The number of amidine groups is 2. The number of amides is 2. The zero-order valence-corrected chi connectivity index (χ0v) is 34.1. The van der Waals surface area contributed by atoms with Crippen LogP contribution in [0.1, 0.15) is 75.6 Å². The van der Waals surface area contributed by atoms with E-state index in [0.717, 1.165) is 68.4 Å². The van der Waals surface area contributed by atoms with Crippen molar-refractivity contribution < 1.29 is 19.1 Å². The van der Waals surface area contributed by atoms with Crippen molar-refractivity contribution in [2.45, 2.75) is 65.6 Å². The largest absolute Gasteiger partial charge is 0.491 e. The Morgan fingerprint density at radius 1 is 0.574 bits per heavy atom. The van der Waals surface area contributed by atoms with Gasteiger partial charge in [-0.15, -0.1) is 0 Å². The number of hydrogen-bond donors (Lipinski definition) is 0. The first-order valence-corrected chi connectivity index (χ1v) is 19.9. The summed E-state index contributed by atoms with van der Waals surface area (Å²) in [5, 5.41) is 0. The molecule has 2 aliphatic heterocycles. The molecule has 10 heteroatoms. The van der Waals surface area contributed by atoms with Crippen LogP contribution in [0.25, 0.3) is 12.2 Å². The monoisotopic (exact) mass is 850 g/mol. The molecule has 0 unspecified atom stereocenters. The van der Waals surface area contributed by atoms with Gasteiger partial charge in [-0.1, -0.05) is 93.2 Å². The van der Waals surface area contributed by atoms with Gasteiger partial charge in [-0.3, -0.25) is 19.4 Å². The number of carbonyl (C=O) groups is 2. The number of hydrogen-bond acceptors (Lipinski definition) is 6. The average Bonchev–Trinajstić information content (AvgIpc) is 3.61. The Morgan fingerprint density at radius 3 is 1.31 bits per heavy atom. The molecular formula is C44H44Br2N4O4. The highest BCUT2D eigenvalue weighted by atomic mass is 79.9. The SMILES string of the molecule is CC(C)Oc1ccc(C=C2N=C(c3cccc(Br)c3)N(CCCCCCN3C(=O)C(=Cc4ccc(OC(C)C)cc4)N=C3c3cccc(Br)c3)C2=O)cc1. The van der Waals surface area contributed by atoms with Crippen LogP contribution in [0.15, 0.2) is 127 Å². The Hall–Kier alpha value is -4.80. The van der Waals surface area contributed by atoms with Gasteiger partial charge in [-0.2, -0.15) is 0 Å². The summed E-state index contributed by atoms with van der Waals surface area (Å²) >= 11 is 7.14. The second kappa shape index (κ2) is 18.0. The van der Waals surface area contributed by atoms with Crippen molar-refractivity contribution in [3.63, 3.8) is 0 Å². The van der Waals surface area contributed by atoms with E-state index in [4.69, 9.17) is 19.5 Å². The molecule has 4 aromatic carbocycles. The Kier molecular flexibility index (Phi) is 13.0. The summed E-state index contributed by atoms with van der Waals surface area (Å²) < 4.78 is 13.4. The molecule has 4 aromatic rings. The first-order valence-electron chi connectivity index (χ1n) is 18.3. The van der Waals surface area contributed by atoms with Crippen LogP contribution in [0, 0.1) is 0 Å². The molecule has 0 spiro atoms. The van der Waals surface area contributed by atoms with Crippen LogP contribution in [0.3, 0.4) is 0 Å². The highest BCUT2D eigenvalue weighted by Gasteiger charge is 2.32. The van der Waals surface area contributed by atoms with Crippen molar-refractivity contribution in [2.75, 3.05) is 13.1 Å². The Morgan fingerprint density at radius 2 is 0.963 bits per heavy atom. The maximum atomic E-state index is 13.8. The van der Waals surface area contributed by atoms with Gasteiger partial charge in [0.05, 0.1) is 12.2 Å². The van der Waals surface area contributed by atoms with Crippen LogP contribution < -0.4 is 9.47 Å². The lowest BCUT2D eigenvalue weighted by Gasteiger charge is -2.20. The standard InChI is InChI=1S/C44H44Br2N4O4/c1-29(2)53-37-19-15-31(16-20-37)25-39-43(51)49(41(47-39)33-11-9-13-35(45)27-33)23-7-5-6-8-24-50-42(34-12-10-14-36(46)28-34)48-40(44(50)52)26-32-17-21-38(22-18-32)54-30(3)4/h9-22,25-30H,5-8,23-24H2,1-4H3. The second-order valence-corrected chi connectivity index (χ2v) is 15.6. The van der Waals surface area contributed by atoms with Gasteiger partial charge < -0.3 is 9.47 Å². The third-order valence-corrected chi connectivity index (χ3v) is 9.67. The third-order valence-electron chi connectivity index (χ3n) is 8.68. The fraction of sp³-hybridized carbons (Fsp3) is 0.273. The molecule has 6 rings (SSSR count). The third kappa shape index (κ3) is 10.0. The van der Waals surface area contributed by atoms with Gasteiger partial charge in [0.25, 0.3) is 11.8 Å². The molecule has 0 aromatic heterocycles. The Balaban J connectivity index is 1.10. The van der Waals surface area contributed by atoms with Crippen LogP contribution in [0.4, 0.5) is 0 Å². The summed E-state index contributed by atoms with van der Waals surface area (Å²) in [4.78, 5) is 40.8. The maximum absolute atomic E-state index is 13.8. The minimum absolute atomic E-state index is 0.0809. The smallest absolute Gasteiger partial charge is 0.278 e. The van der Waals surface area contributed by atoms with Crippen LogP contribution >= 0.6 is 31.9 Å². The van der Waals surface area contributed by atoms with Crippen molar-refractivity contribution in [3.8, 4) is 11.5 Å². The van der Waals surface area contributed by atoms with Crippen molar-refractivity contribution in [1.82, 2.24) is 9.80 Å². The van der Waals surface area contributed by atoms with Crippen LogP contribution in [-0.4, -0.2) is 58.6 Å². The molecule has 2 heterocycles. The number of rotatable bonds is 15. The number of carbonyl (C=O) groups excluding carboxylic acids is 2. The molecule has 0 aliphatic carbocycles. The normalized spacial score (nSPS) is 15.9. The summed E-state index contributed by atoms with van der Waals surface area (Å²) in [5.41, 5.74) is 4.30. The topological polar surface area (TPSA) is 83.8 Å². The van der Waals surface area contributed by atoms with Gasteiger partial charge in [0, 0.05) is 33.2 Å². The first kappa shape index (κ1) is 38.9. The fourth-order valence-corrected chi connectivity index (χ4v) is 7.05. The van der Waals surface area contributed by atoms with Gasteiger partial charge >= 0.3 is 0 Å². The first-order chi connectivity index (χ1) is 26.0. The molecular weight excluding hydrogens is 808 g/mol. The zero-order valence-electron chi connectivity index (χ0n) is 31.0. The Bertz CT molecular complexity index is 1950. The lowest BCUT2D eigenvalue weighted by molar-refractivity contribution is -0.123. The van der Waals surface area contributed by atoms with Crippen molar-refractivity contribution in [1.29, 1.82) is 0 Å². The van der Waals surface area contributed by atoms with Gasteiger partial charge in [-0.05, 0) is 112 Å². The molecule has 54 heavy (non-hydrogen) atoms. The number of unbranched alkanes of at least 4 members (excludes halogenated alkanes) is 3. The van der Waals surface area contributed by atoms with E-state index in [1.165, 1.54) is 0 Å². The lowest BCUT2D eigenvalue weighted by atomic mass is 10.1. The van der Waals surface area contributed by atoms with Crippen LogP contribution in [0.5, 0.6) is 11.5 Å². The van der Waals surface area contributed by atoms with Gasteiger partial charge in [0.15, 0.2) is 0 Å². The summed E-state index contributed by atoms with van der Waals surface area (Å²) in [6.07, 6.45) is 7.15. The van der Waals surface area contributed by atoms with Crippen LogP contribution in [-0.2, 0) is 9.59 Å². The predicted octanol–water partition coefficient (Wildman–Crippen LogP) is 10.3. The molecule has 2 amide bonds. The quantitative estimate of drug-likeness (QED) is 0.0881. The average molecular weight is 853 g/mol. The van der Waals surface area contributed by atoms with E-state index in [1.54, 1.807) is 9.80 Å². The predicted molar refractivity (Wildman–Crippen MR) is 224 cm³/mol. The van der Waals surface area contributed by atoms with Gasteiger partial charge in [0.2, 0.25) is 0 Å². The van der Waals surface area contributed by atoms with E-state index in [9.17, 15) is 9.59 Å². The molecule has 0 atom stereocenters. The Labute approximate surface area is 334 Å². The van der Waals surface area contributed by atoms with Crippen LogP contribution in [0.2, 0.25) is 0 Å². The minimum atomic E-state index is -0.119.